The van der Waals surface area contributed by atoms with E-state index in [0.29, 0.717) is 27.3 Å². The predicted octanol–water partition coefficient (Wildman–Crippen LogP) is 2.29. The van der Waals surface area contributed by atoms with Gasteiger partial charge in [-0.05, 0) is 20.0 Å². The maximum atomic E-state index is 8.61. The van der Waals surface area contributed by atoms with Gasteiger partial charge in [-0.3, -0.25) is 0 Å². The zero-order valence-corrected chi connectivity index (χ0v) is 10.5. The molecule has 0 spiro atoms. The fraction of sp³-hybridized carbons (Fsp3) is 0.900. The van der Waals surface area contributed by atoms with Crippen LogP contribution >= 0.6 is 8.81 Å². The molecule has 0 aliphatic heterocycles. The summed E-state index contributed by atoms with van der Waals surface area (Å²) in [5.41, 5.74) is 0. The lowest BCUT2D eigenvalue weighted by Gasteiger charge is -2.21. The van der Waals surface area contributed by atoms with Gasteiger partial charge in [0.25, 0.3) is 0 Å². The average Bonchev–Trinajstić information content (AvgIpc) is 2.03. The number of nitrogens with zero attached hydrogens (tertiary/aromatic N) is 1. The molecule has 0 fully saturated rings. The van der Waals surface area contributed by atoms with Crippen molar-refractivity contribution in [3.05, 3.63) is 0 Å². The number of hydrogen-bond acceptors (Lipinski definition) is 3. The van der Waals surface area contributed by atoms with Crippen LogP contribution in [0.3, 0.4) is 0 Å². The molecule has 0 heterocycles. The van der Waals surface area contributed by atoms with Crippen LogP contribution in [0.15, 0.2) is 0 Å². The standard InChI is InChI=1S/C10H21N2OP/c1-8(2)12-9(3)7-10(5-6-11)13-14-4/h8-10,12,14H,5,7H2,1-4H3. The van der Waals surface area contributed by atoms with Crippen molar-refractivity contribution in [2.45, 2.75) is 51.8 Å². The van der Waals surface area contributed by atoms with Crippen LogP contribution in [-0.4, -0.2) is 24.9 Å². The molecule has 4 heteroatoms. The smallest absolute Gasteiger partial charge is 0.0758 e. The van der Waals surface area contributed by atoms with E-state index in [9.17, 15) is 0 Å². The van der Waals surface area contributed by atoms with Crippen LogP contribution in [0.2, 0.25) is 0 Å². The molecule has 3 unspecified atom stereocenters. The summed E-state index contributed by atoms with van der Waals surface area (Å²) >= 11 is 0. The van der Waals surface area contributed by atoms with Gasteiger partial charge in [-0.1, -0.05) is 13.8 Å². The summed E-state index contributed by atoms with van der Waals surface area (Å²) in [6.07, 6.45) is 1.49. The third-order valence-electron chi connectivity index (χ3n) is 1.84. The van der Waals surface area contributed by atoms with Crippen molar-refractivity contribution in [2.75, 3.05) is 6.66 Å². The Bertz CT molecular complexity index is 179. The Morgan fingerprint density at radius 1 is 1.43 bits per heavy atom. The van der Waals surface area contributed by atoms with Gasteiger partial charge in [0.2, 0.25) is 0 Å². The molecule has 0 aromatic rings. The number of hydrogen-bond donors (Lipinski definition) is 1. The molecule has 1 N–H and O–H groups in total. The SMILES string of the molecule is CPOC(CC#N)CC(C)NC(C)C. The second kappa shape index (κ2) is 8.17. The van der Waals surface area contributed by atoms with Gasteiger partial charge in [-0.2, -0.15) is 5.26 Å². The van der Waals surface area contributed by atoms with Gasteiger partial charge in [0.05, 0.1) is 18.6 Å². The highest BCUT2D eigenvalue weighted by molar-refractivity contribution is 7.31. The van der Waals surface area contributed by atoms with Crippen LogP contribution < -0.4 is 5.32 Å². The second-order valence-electron chi connectivity index (χ2n) is 3.76. The topological polar surface area (TPSA) is 45.0 Å². The van der Waals surface area contributed by atoms with E-state index in [1.165, 1.54) is 0 Å². The molecule has 3 nitrogen and oxygen atoms in total. The number of nitriles is 1. The van der Waals surface area contributed by atoms with Crippen LogP contribution in [-0.2, 0) is 4.52 Å². The zero-order valence-electron chi connectivity index (χ0n) is 9.50. The van der Waals surface area contributed by atoms with Gasteiger partial charge in [0.15, 0.2) is 0 Å². The van der Waals surface area contributed by atoms with Crippen molar-refractivity contribution in [3.63, 3.8) is 0 Å². The normalized spacial score (nSPS) is 16.0. The van der Waals surface area contributed by atoms with Crippen LogP contribution in [0.5, 0.6) is 0 Å². The van der Waals surface area contributed by atoms with E-state index in [1.807, 2.05) is 6.66 Å². The van der Waals surface area contributed by atoms with Gasteiger partial charge in [-0.15, -0.1) is 0 Å². The van der Waals surface area contributed by atoms with Crippen molar-refractivity contribution < 1.29 is 4.52 Å². The first kappa shape index (κ1) is 13.8. The first-order valence-electron chi connectivity index (χ1n) is 5.05. The van der Waals surface area contributed by atoms with E-state index < -0.39 is 0 Å². The lowest BCUT2D eigenvalue weighted by Crippen LogP contribution is -2.35. The predicted molar refractivity (Wildman–Crippen MR) is 61.7 cm³/mol. The molecule has 0 amide bonds. The summed E-state index contributed by atoms with van der Waals surface area (Å²) in [5, 5.41) is 12.0. The molecule has 0 radical (unpaired) electrons. The monoisotopic (exact) mass is 216 g/mol. The Morgan fingerprint density at radius 2 is 2.07 bits per heavy atom. The summed E-state index contributed by atoms with van der Waals surface area (Å²) < 4.78 is 5.50. The molecule has 0 rings (SSSR count). The third kappa shape index (κ3) is 7.26. The minimum Gasteiger partial charge on any atom is -0.358 e. The van der Waals surface area contributed by atoms with Crippen LogP contribution in [0, 0.1) is 11.3 Å². The third-order valence-corrected chi connectivity index (χ3v) is 2.41. The first-order chi connectivity index (χ1) is 6.60. The summed E-state index contributed by atoms with van der Waals surface area (Å²) in [6.45, 7) is 8.37. The Morgan fingerprint density at radius 3 is 2.50 bits per heavy atom. The highest BCUT2D eigenvalue weighted by Crippen LogP contribution is 2.16. The van der Waals surface area contributed by atoms with Crippen LogP contribution in [0.25, 0.3) is 0 Å². The van der Waals surface area contributed by atoms with Crippen molar-refractivity contribution in [3.8, 4) is 6.07 Å². The molecule has 0 saturated carbocycles. The summed E-state index contributed by atoms with van der Waals surface area (Å²) in [7, 11) is 0.465. The van der Waals surface area contributed by atoms with E-state index in [2.05, 4.69) is 32.2 Å². The maximum Gasteiger partial charge on any atom is 0.0758 e. The molecule has 14 heavy (non-hydrogen) atoms. The second-order valence-corrected chi connectivity index (χ2v) is 4.41. The van der Waals surface area contributed by atoms with Crippen LogP contribution in [0.1, 0.15) is 33.6 Å². The Hall–Kier alpha value is -0.160. The van der Waals surface area contributed by atoms with Gasteiger partial charge in [-0.25, -0.2) is 0 Å². The Balaban J connectivity index is 3.83. The van der Waals surface area contributed by atoms with Gasteiger partial charge >= 0.3 is 0 Å². The molecular formula is C10H21N2OP. The first-order valence-corrected chi connectivity index (χ1v) is 6.46. The summed E-state index contributed by atoms with van der Waals surface area (Å²) in [4.78, 5) is 0. The van der Waals surface area contributed by atoms with Crippen molar-refractivity contribution in [1.29, 1.82) is 5.26 Å². The number of rotatable bonds is 7. The lowest BCUT2D eigenvalue weighted by molar-refractivity contribution is 0.207. The molecule has 0 aromatic carbocycles. The van der Waals surface area contributed by atoms with E-state index in [1.54, 1.807) is 0 Å². The molecular weight excluding hydrogens is 195 g/mol. The Kier molecular flexibility index (Phi) is 8.08. The van der Waals surface area contributed by atoms with E-state index in [0.717, 1.165) is 6.42 Å². The molecule has 0 aliphatic carbocycles. The van der Waals surface area contributed by atoms with Gasteiger partial charge in [0, 0.05) is 20.9 Å². The fourth-order valence-corrected chi connectivity index (χ4v) is 1.99. The molecule has 0 bridgehead atoms. The zero-order chi connectivity index (χ0) is 11.0. The quantitative estimate of drug-likeness (QED) is 0.664. The molecule has 0 saturated heterocycles. The fourth-order valence-electron chi connectivity index (χ4n) is 1.47. The largest absolute Gasteiger partial charge is 0.358 e. The van der Waals surface area contributed by atoms with Gasteiger partial charge < -0.3 is 9.84 Å². The molecule has 82 valence electrons. The van der Waals surface area contributed by atoms with Crippen molar-refractivity contribution in [1.82, 2.24) is 5.32 Å². The maximum absolute atomic E-state index is 8.61. The highest BCUT2D eigenvalue weighted by atomic mass is 31.1. The Labute approximate surface area is 89.1 Å². The molecule has 0 aromatic heterocycles. The highest BCUT2D eigenvalue weighted by Gasteiger charge is 2.13. The van der Waals surface area contributed by atoms with Crippen molar-refractivity contribution in [2.24, 2.45) is 0 Å². The van der Waals surface area contributed by atoms with Gasteiger partial charge in [0.1, 0.15) is 0 Å². The minimum absolute atomic E-state index is 0.0876. The van der Waals surface area contributed by atoms with E-state index in [4.69, 9.17) is 9.79 Å². The lowest BCUT2D eigenvalue weighted by atomic mass is 10.1. The van der Waals surface area contributed by atoms with Crippen LogP contribution in [0.4, 0.5) is 0 Å². The number of nitrogens with one attached hydrogen (secondary N) is 1. The molecule has 3 atom stereocenters. The molecule has 0 aliphatic rings. The van der Waals surface area contributed by atoms with E-state index >= 15 is 0 Å². The summed E-state index contributed by atoms with van der Waals surface area (Å²) in [5.74, 6) is 0. The average molecular weight is 216 g/mol. The summed E-state index contributed by atoms with van der Waals surface area (Å²) in [6, 6.07) is 3.05. The van der Waals surface area contributed by atoms with E-state index in [-0.39, 0.29) is 6.10 Å². The van der Waals surface area contributed by atoms with Crippen molar-refractivity contribution >= 4 is 8.81 Å². The minimum atomic E-state index is 0.0876.